The fraction of sp³-hybridized carbons (Fsp3) is 0.588. The molecule has 0 radical (unpaired) electrons. The number of anilines is 1. The van der Waals surface area contributed by atoms with Gasteiger partial charge in [0, 0.05) is 44.3 Å². The highest BCUT2D eigenvalue weighted by Crippen LogP contribution is 2.26. The number of nitrogens with one attached hydrogen (secondary N) is 1. The van der Waals surface area contributed by atoms with Gasteiger partial charge in [0.1, 0.15) is 0 Å². The lowest BCUT2D eigenvalue weighted by Gasteiger charge is -2.38. The highest BCUT2D eigenvalue weighted by atomic mass is 16.2. The predicted molar refractivity (Wildman–Crippen MR) is 85.4 cm³/mol. The molecule has 2 saturated heterocycles. The summed E-state index contributed by atoms with van der Waals surface area (Å²) in [5.74, 6) is 0.344. The minimum absolute atomic E-state index is 0.344. The Morgan fingerprint density at radius 1 is 1.24 bits per heavy atom. The van der Waals surface area contributed by atoms with Gasteiger partial charge < -0.3 is 15.1 Å². The second kappa shape index (κ2) is 6.48. The van der Waals surface area contributed by atoms with E-state index >= 15 is 0 Å². The molecule has 2 fully saturated rings. The van der Waals surface area contributed by atoms with Crippen LogP contribution in [0.4, 0.5) is 5.69 Å². The zero-order valence-electron chi connectivity index (χ0n) is 12.8. The van der Waals surface area contributed by atoms with Gasteiger partial charge in [-0.1, -0.05) is 19.1 Å². The van der Waals surface area contributed by atoms with Crippen LogP contribution < -0.4 is 10.2 Å². The molecule has 114 valence electrons. The van der Waals surface area contributed by atoms with Crippen LogP contribution in [-0.4, -0.2) is 43.0 Å². The molecule has 2 aliphatic rings. The summed E-state index contributed by atoms with van der Waals surface area (Å²) in [6.07, 6.45) is 2.93. The van der Waals surface area contributed by atoms with E-state index in [1.165, 1.54) is 17.7 Å². The third-order valence-corrected chi connectivity index (χ3v) is 4.55. The van der Waals surface area contributed by atoms with Gasteiger partial charge in [0.05, 0.1) is 0 Å². The minimum atomic E-state index is 0.344. The first-order chi connectivity index (χ1) is 10.3. The normalized spacial score (nSPS) is 21.8. The molecule has 4 heteroatoms. The number of hydrogen-bond donors (Lipinski definition) is 1. The number of nitrogens with zero attached hydrogens (tertiary/aromatic N) is 2. The zero-order chi connectivity index (χ0) is 14.7. The molecule has 1 atom stereocenters. The van der Waals surface area contributed by atoms with Crippen molar-refractivity contribution in [1.82, 2.24) is 10.2 Å². The van der Waals surface area contributed by atoms with Crippen LogP contribution in [0.1, 0.15) is 31.7 Å². The summed E-state index contributed by atoms with van der Waals surface area (Å²) in [6.45, 7) is 7.01. The van der Waals surface area contributed by atoms with Gasteiger partial charge in [-0.3, -0.25) is 4.79 Å². The summed E-state index contributed by atoms with van der Waals surface area (Å²) in [7, 11) is 0. The van der Waals surface area contributed by atoms with Crippen LogP contribution in [0.3, 0.4) is 0 Å². The van der Waals surface area contributed by atoms with Gasteiger partial charge in [-0.2, -0.15) is 0 Å². The third-order valence-electron chi connectivity index (χ3n) is 4.55. The van der Waals surface area contributed by atoms with E-state index < -0.39 is 0 Å². The minimum Gasteiger partial charge on any atom is -0.368 e. The Bertz CT molecular complexity index is 485. The Morgan fingerprint density at radius 2 is 2.05 bits per heavy atom. The first-order valence-electron chi connectivity index (χ1n) is 8.12. The van der Waals surface area contributed by atoms with Gasteiger partial charge >= 0.3 is 0 Å². The van der Waals surface area contributed by atoms with Crippen molar-refractivity contribution in [3.63, 3.8) is 0 Å². The van der Waals surface area contributed by atoms with E-state index in [4.69, 9.17) is 0 Å². The molecule has 21 heavy (non-hydrogen) atoms. The van der Waals surface area contributed by atoms with Crippen LogP contribution in [0, 0.1) is 0 Å². The fourth-order valence-electron chi connectivity index (χ4n) is 3.33. The molecule has 1 aromatic rings. The Hall–Kier alpha value is -1.55. The summed E-state index contributed by atoms with van der Waals surface area (Å²) in [6, 6.07) is 9.29. The summed E-state index contributed by atoms with van der Waals surface area (Å²) < 4.78 is 0. The van der Waals surface area contributed by atoms with Crippen molar-refractivity contribution in [3.05, 3.63) is 29.8 Å². The number of benzene rings is 1. The molecule has 3 rings (SSSR count). The zero-order valence-corrected chi connectivity index (χ0v) is 12.8. The number of hydrogen-bond acceptors (Lipinski definition) is 3. The van der Waals surface area contributed by atoms with E-state index in [0.29, 0.717) is 11.9 Å². The molecular weight excluding hydrogens is 262 g/mol. The molecule has 0 aliphatic carbocycles. The lowest BCUT2D eigenvalue weighted by atomic mass is 10.1. The third kappa shape index (κ3) is 3.21. The van der Waals surface area contributed by atoms with Crippen LogP contribution in [0.15, 0.2) is 24.3 Å². The summed E-state index contributed by atoms with van der Waals surface area (Å²) in [5, 5.41) is 3.43. The Morgan fingerprint density at radius 3 is 2.81 bits per heavy atom. The lowest BCUT2D eigenvalue weighted by molar-refractivity contribution is -0.129. The fourth-order valence-corrected chi connectivity index (χ4v) is 3.33. The monoisotopic (exact) mass is 287 g/mol. The summed E-state index contributed by atoms with van der Waals surface area (Å²) in [4.78, 5) is 16.2. The van der Waals surface area contributed by atoms with Crippen LogP contribution in [0.2, 0.25) is 0 Å². The maximum Gasteiger partial charge on any atom is 0.223 e. The van der Waals surface area contributed by atoms with Gasteiger partial charge in [-0.25, -0.2) is 0 Å². The van der Waals surface area contributed by atoms with Crippen LogP contribution in [0.25, 0.3) is 0 Å². The molecule has 4 nitrogen and oxygen atoms in total. The Kier molecular flexibility index (Phi) is 4.44. The van der Waals surface area contributed by atoms with E-state index in [1.54, 1.807) is 0 Å². The number of amides is 1. The number of fused-ring (bicyclic) bond motifs is 1. The van der Waals surface area contributed by atoms with Gasteiger partial charge in [-0.05, 0) is 37.1 Å². The van der Waals surface area contributed by atoms with E-state index in [2.05, 4.69) is 46.3 Å². The number of piperazine rings is 1. The van der Waals surface area contributed by atoms with E-state index in [-0.39, 0.29) is 0 Å². The molecular formula is C17H25N3O. The second-order valence-corrected chi connectivity index (χ2v) is 6.07. The first-order valence-corrected chi connectivity index (χ1v) is 8.12. The molecule has 0 aromatic heterocycles. The van der Waals surface area contributed by atoms with E-state index in [0.717, 1.165) is 45.6 Å². The number of carbonyl (C=O) groups excluding carboxylic acids is 1. The van der Waals surface area contributed by atoms with Crippen molar-refractivity contribution in [3.8, 4) is 0 Å². The highest BCUT2D eigenvalue weighted by molar-refractivity contribution is 5.79. The van der Waals surface area contributed by atoms with Crippen molar-refractivity contribution in [1.29, 1.82) is 0 Å². The molecule has 0 spiro atoms. The second-order valence-electron chi connectivity index (χ2n) is 6.07. The first kappa shape index (κ1) is 14.4. The maximum absolute atomic E-state index is 11.7. The van der Waals surface area contributed by atoms with Crippen LogP contribution in [-0.2, 0) is 11.3 Å². The molecule has 1 aromatic carbocycles. The standard InChI is InChI=1S/C17H25N3O/c1-2-9-18-12-14-3-5-15(6-4-14)19-10-11-20-16(13-19)7-8-17(20)21/h3-6,16,18H,2,7-13H2,1H3. The largest absolute Gasteiger partial charge is 0.368 e. The molecule has 2 heterocycles. The maximum atomic E-state index is 11.7. The van der Waals surface area contributed by atoms with Crippen molar-refractivity contribution < 1.29 is 4.79 Å². The smallest absolute Gasteiger partial charge is 0.223 e. The molecule has 1 N–H and O–H groups in total. The highest BCUT2D eigenvalue weighted by Gasteiger charge is 2.35. The molecule has 0 bridgehead atoms. The number of rotatable bonds is 5. The summed E-state index contributed by atoms with van der Waals surface area (Å²) in [5.41, 5.74) is 2.62. The predicted octanol–water partition coefficient (Wildman–Crippen LogP) is 2.00. The average molecular weight is 287 g/mol. The topological polar surface area (TPSA) is 35.6 Å². The summed E-state index contributed by atoms with van der Waals surface area (Å²) >= 11 is 0. The number of carbonyl (C=O) groups is 1. The van der Waals surface area contributed by atoms with Gasteiger partial charge in [-0.15, -0.1) is 0 Å². The quantitative estimate of drug-likeness (QED) is 0.841. The van der Waals surface area contributed by atoms with Crippen LogP contribution >= 0.6 is 0 Å². The lowest BCUT2D eigenvalue weighted by Crippen LogP contribution is -2.51. The van der Waals surface area contributed by atoms with Gasteiger partial charge in [0.2, 0.25) is 5.91 Å². The molecule has 0 saturated carbocycles. The van der Waals surface area contributed by atoms with Gasteiger partial charge in [0.15, 0.2) is 0 Å². The SMILES string of the molecule is CCCNCc1ccc(N2CCN3C(=O)CCC3C2)cc1. The molecule has 1 unspecified atom stereocenters. The van der Waals surface area contributed by atoms with E-state index in [9.17, 15) is 4.79 Å². The average Bonchev–Trinajstić information content (AvgIpc) is 2.89. The van der Waals surface area contributed by atoms with Crippen LogP contribution in [0.5, 0.6) is 0 Å². The van der Waals surface area contributed by atoms with Gasteiger partial charge in [0.25, 0.3) is 0 Å². The Labute approximate surface area is 127 Å². The van der Waals surface area contributed by atoms with Crippen molar-refractivity contribution >= 4 is 11.6 Å². The molecule has 2 aliphatic heterocycles. The van der Waals surface area contributed by atoms with Crippen molar-refractivity contribution in [2.45, 2.75) is 38.8 Å². The van der Waals surface area contributed by atoms with Crippen molar-refractivity contribution in [2.75, 3.05) is 31.1 Å². The van der Waals surface area contributed by atoms with E-state index in [1.807, 2.05) is 0 Å². The Balaban J connectivity index is 1.58. The van der Waals surface area contributed by atoms with Crippen molar-refractivity contribution in [2.24, 2.45) is 0 Å². The molecule has 1 amide bonds.